The molecule has 0 aliphatic rings. The van der Waals surface area contributed by atoms with Gasteiger partial charge in [-0.25, -0.2) is 0 Å². The van der Waals surface area contributed by atoms with Crippen LogP contribution in [0.3, 0.4) is 0 Å². The maximum absolute atomic E-state index is 5.30. The Labute approximate surface area is 132 Å². The molecule has 0 aromatic heterocycles. The molecule has 0 aliphatic carbocycles. The average molecular weight is 297 g/mol. The van der Waals surface area contributed by atoms with E-state index in [1.54, 1.807) is 0 Å². The van der Waals surface area contributed by atoms with E-state index >= 15 is 0 Å². The maximum Gasteiger partial charge on any atom is 0.0101 e. The highest BCUT2D eigenvalue weighted by molar-refractivity contribution is 6.30. The van der Waals surface area contributed by atoms with Gasteiger partial charge in [0.1, 0.15) is 0 Å². The summed E-state index contributed by atoms with van der Waals surface area (Å²) in [5.41, 5.74) is 0. The molecule has 0 aromatic carbocycles. The summed E-state index contributed by atoms with van der Waals surface area (Å²) in [6.07, 6.45) is 23.2. The van der Waals surface area contributed by atoms with Crippen molar-refractivity contribution in [3.63, 3.8) is 0 Å². The van der Waals surface area contributed by atoms with Crippen molar-refractivity contribution in [1.82, 2.24) is 0 Å². The van der Waals surface area contributed by atoms with E-state index in [9.17, 15) is 0 Å². The molecule has 0 radical (unpaired) electrons. The van der Waals surface area contributed by atoms with E-state index in [1.165, 1.54) is 83.5 Å². The average Bonchev–Trinajstić information content (AvgIpc) is 2.47. The van der Waals surface area contributed by atoms with Gasteiger partial charge in [0.25, 0.3) is 0 Å². The van der Waals surface area contributed by atoms with Crippen LogP contribution in [0.2, 0.25) is 0 Å². The fraction of sp³-hybridized carbons (Fsp3) is 0.789. The van der Waals surface area contributed by atoms with Crippen molar-refractivity contribution in [1.29, 1.82) is 0 Å². The van der Waals surface area contributed by atoms with Crippen molar-refractivity contribution < 1.29 is 0 Å². The zero-order valence-corrected chi connectivity index (χ0v) is 14.2. The predicted octanol–water partition coefficient (Wildman–Crippen LogP) is 7.22. The van der Waals surface area contributed by atoms with Gasteiger partial charge in [-0.15, -0.1) is 0 Å². The van der Waals surface area contributed by atoms with Gasteiger partial charge >= 0.3 is 0 Å². The molecular weight excluding hydrogens is 264 g/mol. The highest BCUT2D eigenvalue weighted by atomic mass is 35.5. The molecule has 0 unspecified atom stereocenters. The van der Waals surface area contributed by atoms with Crippen LogP contribution in [-0.4, -0.2) is 0 Å². The summed E-state index contributed by atoms with van der Waals surface area (Å²) in [5, 5.41) is 2.43. The van der Waals surface area contributed by atoms with Gasteiger partial charge in [-0.2, -0.15) is 0 Å². The van der Waals surface area contributed by atoms with E-state index in [2.05, 4.69) is 30.4 Å². The number of hydrogen-bond donors (Lipinski definition) is 0. The zero-order chi connectivity index (χ0) is 14.7. The van der Waals surface area contributed by atoms with Gasteiger partial charge in [0.15, 0.2) is 0 Å². The smallest absolute Gasteiger partial charge is 0.0101 e. The number of rotatable bonds is 14. The SMILES string of the molecule is CCCCCCCC/C=C\CCCCCCCC#CCl. The second-order valence-electron chi connectivity index (χ2n) is 5.61. The van der Waals surface area contributed by atoms with Crippen molar-refractivity contribution in [3.05, 3.63) is 12.2 Å². The lowest BCUT2D eigenvalue weighted by atomic mass is 10.1. The lowest BCUT2D eigenvalue weighted by Gasteiger charge is -1.98. The second kappa shape index (κ2) is 18.6. The minimum atomic E-state index is 0.960. The molecule has 20 heavy (non-hydrogen) atoms. The molecule has 0 spiro atoms. The monoisotopic (exact) mass is 296 g/mol. The van der Waals surface area contributed by atoms with Crippen molar-refractivity contribution >= 4 is 11.6 Å². The molecule has 0 fully saturated rings. The fourth-order valence-corrected chi connectivity index (χ4v) is 2.43. The molecule has 0 amide bonds. The molecule has 1 heteroatoms. The van der Waals surface area contributed by atoms with Crippen molar-refractivity contribution in [2.24, 2.45) is 0 Å². The lowest BCUT2D eigenvalue weighted by molar-refractivity contribution is 0.609. The van der Waals surface area contributed by atoms with Crippen LogP contribution < -0.4 is 0 Å². The van der Waals surface area contributed by atoms with E-state index in [1.807, 2.05) is 0 Å². The quantitative estimate of drug-likeness (QED) is 0.180. The summed E-state index contributed by atoms with van der Waals surface area (Å²) >= 11 is 5.30. The van der Waals surface area contributed by atoms with E-state index in [0.29, 0.717) is 0 Å². The van der Waals surface area contributed by atoms with Gasteiger partial charge < -0.3 is 0 Å². The third-order valence-corrected chi connectivity index (χ3v) is 3.76. The fourth-order valence-electron chi connectivity index (χ4n) is 2.33. The first kappa shape index (κ1) is 19.6. The molecule has 0 saturated carbocycles. The van der Waals surface area contributed by atoms with Crippen molar-refractivity contribution in [2.45, 2.75) is 96.8 Å². The van der Waals surface area contributed by atoms with Crippen LogP contribution in [0.25, 0.3) is 0 Å². The van der Waals surface area contributed by atoms with Gasteiger partial charge in [-0.05, 0) is 43.7 Å². The van der Waals surface area contributed by atoms with Crippen LogP contribution in [0.15, 0.2) is 12.2 Å². The first-order valence-corrected chi connectivity index (χ1v) is 9.03. The molecular formula is C19H33Cl. The molecule has 0 bridgehead atoms. The molecule has 0 heterocycles. The van der Waals surface area contributed by atoms with Crippen molar-refractivity contribution in [2.75, 3.05) is 0 Å². The zero-order valence-electron chi connectivity index (χ0n) is 13.4. The number of halogens is 1. The summed E-state index contributed by atoms with van der Waals surface area (Å²) < 4.78 is 0. The number of hydrogen-bond acceptors (Lipinski definition) is 0. The Morgan fingerprint density at radius 2 is 1.20 bits per heavy atom. The van der Waals surface area contributed by atoms with Gasteiger partial charge in [0.2, 0.25) is 0 Å². The maximum atomic E-state index is 5.30. The number of unbranched alkanes of at least 4 members (excludes halogenated alkanes) is 12. The third-order valence-electron chi connectivity index (χ3n) is 3.63. The first-order valence-electron chi connectivity index (χ1n) is 8.65. The molecule has 0 nitrogen and oxygen atoms in total. The Kier molecular flexibility index (Phi) is 18.2. The van der Waals surface area contributed by atoms with Gasteiger partial charge in [0, 0.05) is 11.8 Å². The predicted molar refractivity (Wildman–Crippen MR) is 93.1 cm³/mol. The largest absolute Gasteiger partial charge is 0.0885 e. The van der Waals surface area contributed by atoms with Gasteiger partial charge in [-0.3, -0.25) is 0 Å². The molecule has 0 rings (SSSR count). The summed E-state index contributed by atoms with van der Waals surface area (Å²) in [5.74, 6) is 2.90. The molecule has 0 aliphatic heterocycles. The Morgan fingerprint density at radius 3 is 1.75 bits per heavy atom. The Morgan fingerprint density at radius 1 is 0.700 bits per heavy atom. The van der Waals surface area contributed by atoms with Gasteiger partial charge in [-0.1, -0.05) is 76.4 Å². The minimum Gasteiger partial charge on any atom is -0.0885 e. The first-order chi connectivity index (χ1) is 9.91. The lowest BCUT2D eigenvalue weighted by Crippen LogP contribution is -1.79. The summed E-state index contributed by atoms with van der Waals surface area (Å²) in [7, 11) is 0. The standard InChI is InChI=1S/C19H33Cl/c1-2-3-4-5-6-7-8-9-10-11-12-13-14-15-16-17-18-19-20/h9-10H,2-8,11-17H2,1H3/b10-9-. The normalized spacial score (nSPS) is 10.7. The molecule has 0 N–H and O–H groups in total. The van der Waals surface area contributed by atoms with E-state index < -0.39 is 0 Å². The molecule has 0 saturated heterocycles. The highest BCUT2D eigenvalue weighted by Gasteiger charge is 1.90. The van der Waals surface area contributed by atoms with E-state index in [-0.39, 0.29) is 0 Å². The second-order valence-corrected chi connectivity index (χ2v) is 5.79. The van der Waals surface area contributed by atoms with Crippen LogP contribution >= 0.6 is 11.6 Å². The van der Waals surface area contributed by atoms with Crippen LogP contribution in [0.4, 0.5) is 0 Å². The van der Waals surface area contributed by atoms with Crippen LogP contribution in [0.1, 0.15) is 96.8 Å². The minimum absolute atomic E-state index is 0.960. The van der Waals surface area contributed by atoms with Crippen LogP contribution in [0.5, 0.6) is 0 Å². The molecule has 0 aromatic rings. The topological polar surface area (TPSA) is 0 Å². The van der Waals surface area contributed by atoms with Crippen molar-refractivity contribution in [3.8, 4) is 11.3 Å². The Hall–Kier alpha value is -0.410. The Bertz CT molecular complexity index is 257. The summed E-state index contributed by atoms with van der Waals surface area (Å²) in [6, 6.07) is 0. The third kappa shape index (κ3) is 17.6. The highest BCUT2D eigenvalue weighted by Crippen LogP contribution is 2.09. The van der Waals surface area contributed by atoms with Crippen LogP contribution in [0, 0.1) is 11.3 Å². The molecule has 0 atom stereocenters. The van der Waals surface area contributed by atoms with E-state index in [0.717, 1.165) is 6.42 Å². The molecule has 116 valence electrons. The van der Waals surface area contributed by atoms with Crippen LogP contribution in [-0.2, 0) is 0 Å². The van der Waals surface area contributed by atoms with E-state index in [4.69, 9.17) is 11.6 Å². The van der Waals surface area contributed by atoms with Gasteiger partial charge in [0.05, 0.1) is 0 Å². The summed E-state index contributed by atoms with van der Waals surface area (Å²) in [4.78, 5) is 0. The summed E-state index contributed by atoms with van der Waals surface area (Å²) in [6.45, 7) is 2.27. The Balaban J connectivity index is 3.06. The number of allylic oxidation sites excluding steroid dienone is 2.